The van der Waals surface area contributed by atoms with E-state index in [2.05, 4.69) is 11.2 Å². The van der Waals surface area contributed by atoms with Gasteiger partial charge in [0.15, 0.2) is 6.23 Å². The highest BCUT2D eigenvalue weighted by atomic mass is 32.1. The molecule has 0 bridgehead atoms. The van der Waals surface area contributed by atoms with Crippen LogP contribution >= 0.6 is 11.3 Å². The molecule has 1 aliphatic heterocycles. The second-order valence-electron chi connectivity index (χ2n) is 4.53. The molecule has 1 saturated heterocycles. The number of terminal acetylenes is 1. The Kier molecular flexibility index (Phi) is 4.95. The lowest BCUT2D eigenvalue weighted by Crippen LogP contribution is -2.63. The van der Waals surface area contributed by atoms with E-state index in [0.29, 0.717) is 5.56 Å². The second-order valence-corrected chi connectivity index (χ2v) is 5.45. The largest absolute Gasteiger partial charge is 0.394 e. The van der Waals surface area contributed by atoms with Crippen LogP contribution in [0.25, 0.3) is 0 Å². The molecule has 1 aromatic rings. The lowest BCUT2D eigenvalue weighted by atomic mass is 9.98. The van der Waals surface area contributed by atoms with Gasteiger partial charge < -0.3 is 30.5 Å². The van der Waals surface area contributed by atoms with E-state index < -0.39 is 43.2 Å². The average Bonchev–Trinajstić information content (AvgIpc) is 2.96. The van der Waals surface area contributed by atoms with Gasteiger partial charge in [-0.2, -0.15) is 0 Å². The number of aliphatic hydroxyl groups excluding tert-OH is 4. The number of hydrogen-bond acceptors (Lipinski definition) is 7. The van der Waals surface area contributed by atoms with Crippen molar-refractivity contribution in [1.82, 2.24) is 5.32 Å². The topological polar surface area (TPSA) is 119 Å². The van der Waals surface area contributed by atoms with E-state index in [9.17, 15) is 20.1 Å². The van der Waals surface area contributed by atoms with Crippen LogP contribution in [0, 0.1) is 12.3 Å². The number of carbonyl (C=O) groups is 1. The fourth-order valence-electron chi connectivity index (χ4n) is 2.01. The van der Waals surface area contributed by atoms with E-state index in [-0.39, 0.29) is 4.88 Å². The minimum absolute atomic E-state index is 0.273. The number of thiophene rings is 1. The summed E-state index contributed by atoms with van der Waals surface area (Å²) >= 11 is 1.13. The van der Waals surface area contributed by atoms with E-state index in [0.717, 1.165) is 11.3 Å². The average molecular weight is 313 g/mol. The summed E-state index contributed by atoms with van der Waals surface area (Å²) in [5.41, 5.74) is 0.405. The van der Waals surface area contributed by atoms with Crippen molar-refractivity contribution in [2.75, 3.05) is 6.61 Å². The molecular formula is C13H15NO6S. The number of carbonyl (C=O) groups excluding carboxylic acids is 1. The van der Waals surface area contributed by atoms with Crippen LogP contribution < -0.4 is 5.32 Å². The van der Waals surface area contributed by atoms with Crippen LogP contribution in [-0.4, -0.2) is 63.6 Å². The summed E-state index contributed by atoms with van der Waals surface area (Å²) in [6, 6.07) is 1.60. The first-order valence-corrected chi connectivity index (χ1v) is 7.03. The van der Waals surface area contributed by atoms with E-state index in [1.165, 1.54) is 0 Å². The maximum absolute atomic E-state index is 12.1. The van der Waals surface area contributed by atoms with Gasteiger partial charge in [0.1, 0.15) is 29.3 Å². The summed E-state index contributed by atoms with van der Waals surface area (Å²) < 4.78 is 5.18. The van der Waals surface area contributed by atoms with Gasteiger partial charge in [0, 0.05) is 5.56 Å². The number of ether oxygens (including phenoxy) is 1. The van der Waals surface area contributed by atoms with Crippen LogP contribution in [-0.2, 0) is 4.74 Å². The van der Waals surface area contributed by atoms with Gasteiger partial charge in [-0.05, 0) is 11.4 Å². The number of aliphatic hydroxyl groups is 4. The molecule has 114 valence electrons. The van der Waals surface area contributed by atoms with E-state index in [4.69, 9.17) is 16.3 Å². The zero-order valence-corrected chi connectivity index (χ0v) is 11.7. The molecular weight excluding hydrogens is 298 g/mol. The Labute approximate surface area is 124 Å². The smallest absolute Gasteiger partial charge is 0.264 e. The normalized spacial score (nSPS) is 32.4. The summed E-state index contributed by atoms with van der Waals surface area (Å²) in [7, 11) is 0. The summed E-state index contributed by atoms with van der Waals surface area (Å²) in [6.07, 6.45) is -1.62. The van der Waals surface area contributed by atoms with Gasteiger partial charge in [-0.15, -0.1) is 17.8 Å². The molecule has 2 heterocycles. The summed E-state index contributed by atoms with van der Waals surface area (Å²) in [5, 5.41) is 42.2. The first-order valence-electron chi connectivity index (χ1n) is 6.15. The van der Waals surface area contributed by atoms with Crippen molar-refractivity contribution >= 4 is 17.2 Å². The zero-order chi connectivity index (χ0) is 15.6. The highest BCUT2D eigenvalue weighted by Crippen LogP contribution is 2.21. The molecule has 8 heteroatoms. The Morgan fingerprint density at radius 3 is 2.71 bits per heavy atom. The summed E-state index contributed by atoms with van der Waals surface area (Å²) in [5.74, 6) is 1.79. The predicted molar refractivity (Wildman–Crippen MR) is 73.5 cm³/mol. The first kappa shape index (κ1) is 15.9. The molecule has 0 unspecified atom stereocenters. The zero-order valence-electron chi connectivity index (χ0n) is 10.8. The predicted octanol–water partition coefficient (Wildman–Crippen LogP) is -1.74. The molecule has 0 radical (unpaired) electrons. The molecule has 2 rings (SSSR count). The summed E-state index contributed by atoms with van der Waals surface area (Å²) in [4.78, 5) is 12.4. The molecule has 5 atom stereocenters. The Balaban J connectivity index is 2.11. The molecule has 1 fully saturated rings. The Morgan fingerprint density at radius 1 is 1.38 bits per heavy atom. The van der Waals surface area contributed by atoms with Gasteiger partial charge in [-0.1, -0.05) is 5.92 Å². The van der Waals surface area contributed by atoms with Crippen LogP contribution in [0.1, 0.15) is 15.2 Å². The van der Waals surface area contributed by atoms with Crippen molar-refractivity contribution in [3.63, 3.8) is 0 Å². The molecule has 1 aliphatic rings. The van der Waals surface area contributed by atoms with Gasteiger partial charge in [-0.25, -0.2) is 0 Å². The van der Waals surface area contributed by atoms with E-state index in [1.807, 2.05) is 0 Å². The number of rotatable bonds is 3. The van der Waals surface area contributed by atoms with Crippen LogP contribution in [0.4, 0.5) is 0 Å². The highest BCUT2D eigenvalue weighted by molar-refractivity contribution is 7.12. The molecule has 1 amide bonds. The third-order valence-electron chi connectivity index (χ3n) is 3.19. The van der Waals surface area contributed by atoms with Gasteiger partial charge in [0.2, 0.25) is 0 Å². The van der Waals surface area contributed by atoms with Gasteiger partial charge in [0.05, 0.1) is 6.61 Å². The number of amides is 1. The molecule has 1 aromatic heterocycles. The van der Waals surface area contributed by atoms with Gasteiger partial charge in [0.25, 0.3) is 5.91 Å². The third-order valence-corrected chi connectivity index (χ3v) is 4.11. The van der Waals surface area contributed by atoms with Crippen LogP contribution in [0.2, 0.25) is 0 Å². The van der Waals surface area contributed by atoms with Crippen LogP contribution in [0.3, 0.4) is 0 Å². The number of nitrogens with one attached hydrogen (secondary N) is 1. The van der Waals surface area contributed by atoms with Crippen molar-refractivity contribution in [3.8, 4) is 12.3 Å². The van der Waals surface area contributed by atoms with Crippen molar-refractivity contribution < 1.29 is 30.0 Å². The van der Waals surface area contributed by atoms with Gasteiger partial charge in [-0.3, -0.25) is 4.79 Å². The van der Waals surface area contributed by atoms with Crippen LogP contribution in [0.5, 0.6) is 0 Å². The Hall–Kier alpha value is -1.47. The second kappa shape index (κ2) is 6.53. The lowest BCUT2D eigenvalue weighted by molar-refractivity contribution is -0.233. The van der Waals surface area contributed by atoms with Crippen molar-refractivity contribution in [2.45, 2.75) is 30.6 Å². The molecule has 0 aromatic carbocycles. The minimum atomic E-state index is -1.54. The monoisotopic (exact) mass is 313 g/mol. The minimum Gasteiger partial charge on any atom is -0.394 e. The standard InChI is InChI=1S/C13H15NO6S/c1-2-6-3-4-21-11(6)12(19)14-13-10(18)9(17)8(16)7(5-15)20-13/h1,3-4,7-10,13,15-18H,5H2,(H,14,19)/t7-,8-,9+,10-,13-/m1/s1. The fourth-order valence-corrected chi connectivity index (χ4v) is 2.77. The molecule has 7 nitrogen and oxygen atoms in total. The van der Waals surface area contributed by atoms with Crippen molar-refractivity contribution in [2.24, 2.45) is 0 Å². The maximum Gasteiger partial charge on any atom is 0.264 e. The van der Waals surface area contributed by atoms with E-state index >= 15 is 0 Å². The molecule has 0 spiro atoms. The van der Waals surface area contributed by atoms with Gasteiger partial charge >= 0.3 is 0 Å². The molecule has 0 saturated carbocycles. The maximum atomic E-state index is 12.1. The Morgan fingerprint density at radius 2 is 2.10 bits per heavy atom. The molecule has 5 N–H and O–H groups in total. The van der Waals surface area contributed by atoms with Crippen molar-refractivity contribution in [1.29, 1.82) is 0 Å². The molecule has 0 aliphatic carbocycles. The van der Waals surface area contributed by atoms with Crippen LogP contribution in [0.15, 0.2) is 11.4 Å². The summed E-state index contributed by atoms with van der Waals surface area (Å²) in [6.45, 7) is -0.564. The number of hydrogen-bond donors (Lipinski definition) is 5. The quantitative estimate of drug-likeness (QED) is 0.423. The SMILES string of the molecule is C#Cc1ccsc1C(=O)N[C@@H]1O[C@H](CO)[C@@H](O)[C@H](O)[C@H]1O. The highest BCUT2D eigenvalue weighted by Gasteiger charge is 2.44. The third kappa shape index (κ3) is 3.08. The van der Waals surface area contributed by atoms with E-state index in [1.54, 1.807) is 11.4 Å². The molecule has 21 heavy (non-hydrogen) atoms. The van der Waals surface area contributed by atoms with Crippen molar-refractivity contribution in [3.05, 3.63) is 21.9 Å². The lowest BCUT2D eigenvalue weighted by Gasteiger charge is -2.40. The Bertz CT molecular complexity index is 551. The first-order chi connectivity index (χ1) is 9.99. The fraction of sp³-hybridized carbons (Fsp3) is 0.462.